The Kier molecular flexibility index (Phi) is 5.46. The van der Waals surface area contributed by atoms with Crippen LogP contribution in [0.15, 0.2) is 48.5 Å². The van der Waals surface area contributed by atoms with Crippen LogP contribution in [0.3, 0.4) is 0 Å². The number of amides is 1. The molecule has 0 heterocycles. The minimum Gasteiger partial charge on any atom is -0.480 e. The highest BCUT2D eigenvalue weighted by molar-refractivity contribution is 5.96. The van der Waals surface area contributed by atoms with Crippen molar-refractivity contribution in [2.45, 2.75) is 25.6 Å². The molecule has 1 atom stereocenters. The first-order chi connectivity index (χ1) is 11.7. The quantitative estimate of drug-likeness (QED) is 0.867. The number of carboxylic acid groups (broad SMARTS) is 1. The van der Waals surface area contributed by atoms with Crippen LogP contribution in [0, 0.1) is 6.92 Å². The van der Waals surface area contributed by atoms with Gasteiger partial charge in [0.15, 0.2) is 0 Å². The molecule has 1 amide bonds. The van der Waals surface area contributed by atoms with Crippen molar-refractivity contribution in [3.63, 3.8) is 0 Å². The van der Waals surface area contributed by atoms with E-state index in [1.54, 1.807) is 12.1 Å². The Morgan fingerprint density at radius 1 is 1.08 bits per heavy atom. The lowest BCUT2D eigenvalue weighted by Crippen LogP contribution is -2.42. The first-order valence-electron chi connectivity index (χ1n) is 7.44. The monoisotopic (exact) mass is 351 g/mol. The highest BCUT2D eigenvalue weighted by atomic mass is 19.4. The molecule has 0 saturated carbocycles. The van der Waals surface area contributed by atoms with Crippen molar-refractivity contribution in [1.29, 1.82) is 0 Å². The molecule has 7 heteroatoms. The maximum absolute atomic E-state index is 12.5. The van der Waals surface area contributed by atoms with Crippen LogP contribution in [0.2, 0.25) is 0 Å². The largest absolute Gasteiger partial charge is 0.480 e. The van der Waals surface area contributed by atoms with Gasteiger partial charge in [-0.2, -0.15) is 13.2 Å². The molecule has 0 radical (unpaired) electrons. The van der Waals surface area contributed by atoms with Crippen LogP contribution in [0.25, 0.3) is 0 Å². The Morgan fingerprint density at radius 2 is 1.68 bits per heavy atom. The van der Waals surface area contributed by atoms with Gasteiger partial charge in [0.1, 0.15) is 6.04 Å². The Balaban J connectivity index is 2.13. The number of alkyl halides is 3. The Bertz CT molecular complexity index is 770. The van der Waals surface area contributed by atoms with Gasteiger partial charge in [0.05, 0.1) is 5.56 Å². The molecule has 0 aliphatic heterocycles. The van der Waals surface area contributed by atoms with Crippen LogP contribution in [-0.2, 0) is 17.4 Å². The lowest BCUT2D eigenvalue weighted by atomic mass is 10.0. The topological polar surface area (TPSA) is 66.4 Å². The van der Waals surface area contributed by atoms with Crippen LogP contribution in [0.5, 0.6) is 0 Å². The molecule has 0 bridgehead atoms. The highest BCUT2D eigenvalue weighted by Gasteiger charge is 2.30. The fraction of sp³-hybridized carbons (Fsp3) is 0.222. The van der Waals surface area contributed by atoms with Crippen molar-refractivity contribution in [3.05, 3.63) is 70.8 Å². The molecule has 2 rings (SSSR count). The molecule has 0 unspecified atom stereocenters. The Hall–Kier alpha value is -2.83. The molecule has 25 heavy (non-hydrogen) atoms. The van der Waals surface area contributed by atoms with E-state index in [4.69, 9.17) is 0 Å². The van der Waals surface area contributed by atoms with E-state index in [1.807, 2.05) is 19.1 Å². The summed E-state index contributed by atoms with van der Waals surface area (Å²) in [5, 5.41) is 11.7. The third-order valence-electron chi connectivity index (χ3n) is 3.76. The molecule has 2 aromatic rings. The second-order valence-electron chi connectivity index (χ2n) is 5.57. The van der Waals surface area contributed by atoms with Gasteiger partial charge in [-0.1, -0.05) is 24.3 Å². The van der Waals surface area contributed by atoms with Crippen molar-refractivity contribution in [1.82, 2.24) is 5.32 Å². The number of aliphatic carboxylic acids is 1. The van der Waals surface area contributed by atoms with Crippen molar-refractivity contribution in [2.75, 3.05) is 0 Å². The number of carboxylic acids is 1. The minimum atomic E-state index is -4.50. The van der Waals surface area contributed by atoms with E-state index in [-0.39, 0.29) is 12.0 Å². The SMILES string of the molecule is Cc1ccccc1C[C@@H](NC(=O)c1ccc(C(F)(F)F)cc1)C(=O)O. The summed E-state index contributed by atoms with van der Waals surface area (Å²) in [6, 6.07) is 9.58. The molecule has 2 N–H and O–H groups in total. The zero-order valence-corrected chi connectivity index (χ0v) is 13.3. The summed E-state index contributed by atoms with van der Waals surface area (Å²) >= 11 is 0. The zero-order chi connectivity index (χ0) is 18.6. The van der Waals surface area contributed by atoms with Crippen molar-refractivity contribution < 1.29 is 27.9 Å². The number of carbonyl (C=O) groups is 2. The first kappa shape index (κ1) is 18.5. The van der Waals surface area contributed by atoms with Gasteiger partial charge in [0.2, 0.25) is 0 Å². The standard InChI is InChI=1S/C18H16F3NO3/c1-11-4-2-3-5-13(11)10-15(17(24)25)22-16(23)12-6-8-14(9-7-12)18(19,20)21/h2-9,15H,10H2,1H3,(H,22,23)(H,24,25)/t15-/m1/s1. The minimum absolute atomic E-state index is 0.0379. The van der Waals surface area contributed by atoms with E-state index in [0.717, 1.165) is 35.4 Å². The summed E-state index contributed by atoms with van der Waals surface area (Å²) in [6.07, 6.45) is -4.42. The van der Waals surface area contributed by atoms with Crippen molar-refractivity contribution in [3.8, 4) is 0 Å². The predicted octanol–water partition coefficient (Wildman–Crippen LogP) is 3.44. The second-order valence-corrected chi connectivity index (χ2v) is 5.57. The van der Waals surface area contributed by atoms with Gasteiger partial charge in [0, 0.05) is 12.0 Å². The maximum Gasteiger partial charge on any atom is 0.416 e. The van der Waals surface area contributed by atoms with E-state index >= 15 is 0 Å². The van der Waals surface area contributed by atoms with Gasteiger partial charge in [0.25, 0.3) is 5.91 Å². The van der Waals surface area contributed by atoms with E-state index in [0.29, 0.717) is 0 Å². The molecule has 0 aromatic heterocycles. The van der Waals surface area contributed by atoms with E-state index in [2.05, 4.69) is 5.32 Å². The smallest absolute Gasteiger partial charge is 0.416 e. The number of hydrogen-bond donors (Lipinski definition) is 2. The number of halogens is 3. The van der Waals surface area contributed by atoms with Crippen LogP contribution in [0.1, 0.15) is 27.0 Å². The molecule has 0 fully saturated rings. The maximum atomic E-state index is 12.5. The third-order valence-corrected chi connectivity index (χ3v) is 3.76. The Labute approximate surface area is 142 Å². The normalized spacial score (nSPS) is 12.5. The highest BCUT2D eigenvalue weighted by Crippen LogP contribution is 2.29. The van der Waals surface area contributed by atoms with Crippen molar-refractivity contribution >= 4 is 11.9 Å². The van der Waals surface area contributed by atoms with Gasteiger partial charge in [-0.3, -0.25) is 4.79 Å². The predicted molar refractivity (Wildman–Crippen MR) is 85.2 cm³/mol. The van der Waals surface area contributed by atoms with E-state index in [9.17, 15) is 27.9 Å². The zero-order valence-electron chi connectivity index (χ0n) is 13.3. The molecule has 4 nitrogen and oxygen atoms in total. The van der Waals surface area contributed by atoms with Crippen molar-refractivity contribution in [2.24, 2.45) is 0 Å². The van der Waals surface area contributed by atoms with Gasteiger partial charge in [-0.05, 0) is 42.3 Å². The summed E-state index contributed by atoms with van der Waals surface area (Å²) in [4.78, 5) is 23.5. The molecule has 0 spiro atoms. The Morgan fingerprint density at radius 3 is 2.20 bits per heavy atom. The number of hydrogen-bond acceptors (Lipinski definition) is 2. The fourth-order valence-corrected chi connectivity index (χ4v) is 2.31. The summed E-state index contributed by atoms with van der Waals surface area (Å²) in [5.41, 5.74) is 0.739. The van der Waals surface area contributed by atoms with Gasteiger partial charge >= 0.3 is 12.1 Å². The second kappa shape index (κ2) is 7.38. The average Bonchev–Trinajstić information content (AvgIpc) is 2.55. The van der Waals surface area contributed by atoms with Crippen LogP contribution >= 0.6 is 0 Å². The third kappa shape index (κ3) is 4.82. The lowest BCUT2D eigenvalue weighted by molar-refractivity contribution is -0.139. The molecule has 0 aliphatic carbocycles. The summed E-state index contributed by atoms with van der Waals surface area (Å²) in [5.74, 6) is -1.96. The number of rotatable bonds is 5. The van der Waals surface area contributed by atoms with Gasteiger partial charge < -0.3 is 10.4 Å². The van der Waals surface area contributed by atoms with Gasteiger partial charge in [-0.25, -0.2) is 4.79 Å². The molecular weight excluding hydrogens is 335 g/mol. The number of carbonyl (C=O) groups excluding carboxylic acids is 1. The van der Waals surface area contributed by atoms with E-state index < -0.39 is 29.7 Å². The first-order valence-corrected chi connectivity index (χ1v) is 7.44. The van der Waals surface area contributed by atoms with Gasteiger partial charge in [-0.15, -0.1) is 0 Å². The van der Waals surface area contributed by atoms with Crippen LogP contribution in [0.4, 0.5) is 13.2 Å². The van der Waals surface area contributed by atoms with Crippen LogP contribution < -0.4 is 5.32 Å². The van der Waals surface area contributed by atoms with Crippen LogP contribution in [-0.4, -0.2) is 23.0 Å². The average molecular weight is 351 g/mol. The number of benzene rings is 2. The summed E-state index contributed by atoms with van der Waals surface area (Å²) < 4.78 is 37.6. The number of nitrogens with one attached hydrogen (secondary N) is 1. The van der Waals surface area contributed by atoms with E-state index in [1.165, 1.54) is 0 Å². The molecule has 132 valence electrons. The summed E-state index contributed by atoms with van der Waals surface area (Å²) in [6.45, 7) is 1.83. The summed E-state index contributed by atoms with van der Waals surface area (Å²) in [7, 11) is 0. The molecular formula is C18H16F3NO3. The molecule has 2 aromatic carbocycles. The fourth-order valence-electron chi connectivity index (χ4n) is 2.31. The molecule has 0 saturated heterocycles. The number of aryl methyl sites for hydroxylation is 1. The lowest BCUT2D eigenvalue weighted by Gasteiger charge is -2.16. The molecule has 0 aliphatic rings.